The van der Waals surface area contributed by atoms with E-state index in [9.17, 15) is 0 Å². The summed E-state index contributed by atoms with van der Waals surface area (Å²) in [4.78, 5) is 4.04. The van der Waals surface area contributed by atoms with Gasteiger partial charge in [0.15, 0.2) is 0 Å². The van der Waals surface area contributed by atoms with E-state index in [0.29, 0.717) is 11.7 Å². The van der Waals surface area contributed by atoms with E-state index in [2.05, 4.69) is 20.5 Å². The molecule has 0 aliphatic rings. The van der Waals surface area contributed by atoms with E-state index in [1.54, 1.807) is 23.2 Å². The van der Waals surface area contributed by atoms with E-state index in [4.69, 9.17) is 16.0 Å². The number of furan rings is 1. The van der Waals surface area contributed by atoms with Crippen molar-refractivity contribution in [3.05, 3.63) is 53.2 Å². The Kier molecular flexibility index (Phi) is 3.98. The van der Waals surface area contributed by atoms with Crippen LogP contribution in [0.4, 0.5) is 0 Å². The van der Waals surface area contributed by atoms with Gasteiger partial charge >= 0.3 is 0 Å². The minimum Gasteiger partial charge on any atom is -0.467 e. The topological polar surface area (TPSA) is 69.6 Å². The van der Waals surface area contributed by atoms with Gasteiger partial charge < -0.3 is 4.42 Å². The van der Waals surface area contributed by atoms with Gasteiger partial charge in [-0.15, -0.1) is 5.10 Å². The van der Waals surface area contributed by atoms with E-state index < -0.39 is 0 Å². The molecule has 20 heavy (non-hydrogen) atoms. The molecule has 8 heteroatoms. The van der Waals surface area contributed by atoms with Crippen molar-refractivity contribution in [1.29, 1.82) is 0 Å². The average Bonchev–Trinajstić information content (AvgIpc) is 3.11. The first-order chi connectivity index (χ1) is 9.81. The molecule has 3 aromatic rings. The second kappa shape index (κ2) is 6.06. The van der Waals surface area contributed by atoms with Gasteiger partial charge in [-0.25, -0.2) is 9.67 Å². The van der Waals surface area contributed by atoms with Crippen LogP contribution in [0.3, 0.4) is 0 Å². The van der Waals surface area contributed by atoms with E-state index in [1.807, 2.05) is 18.2 Å². The Hall–Kier alpha value is -1.86. The molecule has 6 nitrogen and oxygen atoms in total. The molecule has 0 amide bonds. The van der Waals surface area contributed by atoms with Gasteiger partial charge in [0, 0.05) is 11.9 Å². The van der Waals surface area contributed by atoms with Gasteiger partial charge in [0.2, 0.25) is 5.16 Å². The first-order valence-electron chi connectivity index (χ1n) is 5.83. The Morgan fingerprint density at radius 1 is 1.30 bits per heavy atom. The highest BCUT2D eigenvalue weighted by atomic mass is 35.5. The van der Waals surface area contributed by atoms with Gasteiger partial charge in [0.05, 0.1) is 6.26 Å². The summed E-state index contributed by atoms with van der Waals surface area (Å²) in [6, 6.07) is 7.43. The van der Waals surface area contributed by atoms with Crippen LogP contribution in [0, 0.1) is 0 Å². The molecule has 0 spiro atoms. The molecule has 0 aliphatic heterocycles. The zero-order valence-electron chi connectivity index (χ0n) is 10.3. The van der Waals surface area contributed by atoms with Gasteiger partial charge in [0.25, 0.3) is 0 Å². The number of nitrogens with zero attached hydrogens (tertiary/aromatic N) is 5. The predicted molar refractivity (Wildman–Crippen MR) is 74.4 cm³/mol. The van der Waals surface area contributed by atoms with Crippen LogP contribution in [-0.4, -0.2) is 25.2 Å². The molecule has 0 aromatic carbocycles. The lowest BCUT2D eigenvalue weighted by Gasteiger charge is -2.02. The van der Waals surface area contributed by atoms with E-state index in [-0.39, 0.29) is 0 Å². The fraction of sp³-hybridized carbons (Fsp3) is 0.167. The fourth-order valence-electron chi connectivity index (χ4n) is 1.59. The first kappa shape index (κ1) is 13.1. The van der Waals surface area contributed by atoms with Crippen molar-refractivity contribution in [2.45, 2.75) is 17.5 Å². The van der Waals surface area contributed by atoms with Crippen molar-refractivity contribution >= 4 is 23.4 Å². The smallest absolute Gasteiger partial charge is 0.210 e. The zero-order chi connectivity index (χ0) is 13.8. The number of halogens is 1. The highest BCUT2D eigenvalue weighted by molar-refractivity contribution is 7.98. The van der Waals surface area contributed by atoms with Gasteiger partial charge in [-0.3, -0.25) is 0 Å². The SMILES string of the molecule is Clc1ccc(CSc2nnnn2Cc2ccco2)cn1. The van der Waals surface area contributed by atoms with Crippen molar-refractivity contribution in [3.63, 3.8) is 0 Å². The molecular formula is C12H10ClN5OS. The summed E-state index contributed by atoms with van der Waals surface area (Å²) < 4.78 is 6.99. The van der Waals surface area contributed by atoms with Crippen molar-refractivity contribution in [2.75, 3.05) is 0 Å². The maximum Gasteiger partial charge on any atom is 0.210 e. The number of thioether (sulfide) groups is 1. The van der Waals surface area contributed by atoms with Crippen LogP contribution in [-0.2, 0) is 12.3 Å². The molecule has 0 atom stereocenters. The Balaban J connectivity index is 1.66. The van der Waals surface area contributed by atoms with E-state index in [0.717, 1.165) is 22.2 Å². The Bertz CT molecular complexity index is 667. The molecular weight excluding hydrogens is 298 g/mol. The molecule has 0 saturated carbocycles. The van der Waals surface area contributed by atoms with Crippen molar-refractivity contribution in [3.8, 4) is 0 Å². The summed E-state index contributed by atoms with van der Waals surface area (Å²) in [6.07, 6.45) is 3.38. The maximum absolute atomic E-state index is 5.75. The quantitative estimate of drug-likeness (QED) is 0.533. The van der Waals surface area contributed by atoms with Crippen LogP contribution in [0.2, 0.25) is 5.15 Å². The number of pyridine rings is 1. The fourth-order valence-corrected chi connectivity index (χ4v) is 2.51. The van der Waals surface area contributed by atoms with Crippen LogP contribution in [0.1, 0.15) is 11.3 Å². The number of tetrazole rings is 1. The molecule has 0 unspecified atom stereocenters. The standard InChI is InChI=1S/C12H10ClN5OS/c13-11-4-3-9(6-14-11)8-20-12-15-16-17-18(12)7-10-2-1-5-19-10/h1-6H,7-8H2. The summed E-state index contributed by atoms with van der Waals surface area (Å²) in [7, 11) is 0. The summed E-state index contributed by atoms with van der Waals surface area (Å²) >= 11 is 7.29. The Morgan fingerprint density at radius 2 is 2.25 bits per heavy atom. The van der Waals surface area contributed by atoms with Crippen LogP contribution in [0.25, 0.3) is 0 Å². The third-order valence-electron chi connectivity index (χ3n) is 2.54. The highest BCUT2D eigenvalue weighted by Crippen LogP contribution is 2.20. The number of aromatic nitrogens is 5. The first-order valence-corrected chi connectivity index (χ1v) is 7.19. The normalized spacial score (nSPS) is 10.8. The number of hydrogen-bond acceptors (Lipinski definition) is 6. The monoisotopic (exact) mass is 307 g/mol. The van der Waals surface area contributed by atoms with Crippen molar-refractivity contribution in [2.24, 2.45) is 0 Å². The van der Waals surface area contributed by atoms with Gasteiger partial charge in [0.1, 0.15) is 17.5 Å². The molecule has 0 saturated heterocycles. The zero-order valence-corrected chi connectivity index (χ0v) is 11.9. The highest BCUT2D eigenvalue weighted by Gasteiger charge is 2.09. The largest absolute Gasteiger partial charge is 0.467 e. The molecule has 0 radical (unpaired) electrons. The molecule has 0 fully saturated rings. The number of hydrogen-bond donors (Lipinski definition) is 0. The molecule has 3 heterocycles. The van der Waals surface area contributed by atoms with Gasteiger partial charge in [-0.1, -0.05) is 29.4 Å². The van der Waals surface area contributed by atoms with Crippen LogP contribution < -0.4 is 0 Å². The third kappa shape index (κ3) is 3.17. The van der Waals surface area contributed by atoms with Crippen LogP contribution in [0.15, 0.2) is 46.3 Å². The summed E-state index contributed by atoms with van der Waals surface area (Å²) in [5.74, 6) is 1.54. The lowest BCUT2D eigenvalue weighted by molar-refractivity contribution is 0.462. The van der Waals surface area contributed by atoms with Crippen LogP contribution in [0.5, 0.6) is 0 Å². The Labute approximate surface area is 124 Å². The van der Waals surface area contributed by atoms with Crippen molar-refractivity contribution in [1.82, 2.24) is 25.2 Å². The lowest BCUT2D eigenvalue weighted by atomic mass is 10.3. The molecule has 102 valence electrons. The minimum atomic E-state index is 0.487. The maximum atomic E-state index is 5.75. The molecule has 0 bridgehead atoms. The average molecular weight is 308 g/mol. The summed E-state index contributed by atoms with van der Waals surface area (Å²) in [6.45, 7) is 0.515. The lowest BCUT2D eigenvalue weighted by Crippen LogP contribution is -2.03. The molecule has 0 N–H and O–H groups in total. The number of rotatable bonds is 5. The van der Waals surface area contributed by atoms with Crippen LogP contribution >= 0.6 is 23.4 Å². The van der Waals surface area contributed by atoms with Gasteiger partial charge in [-0.05, 0) is 34.2 Å². The molecule has 3 rings (SSSR count). The minimum absolute atomic E-state index is 0.487. The van der Waals surface area contributed by atoms with Crippen molar-refractivity contribution < 1.29 is 4.42 Å². The van der Waals surface area contributed by atoms with Gasteiger partial charge in [-0.2, -0.15) is 0 Å². The third-order valence-corrected chi connectivity index (χ3v) is 3.79. The second-order valence-electron chi connectivity index (χ2n) is 3.98. The summed E-state index contributed by atoms with van der Waals surface area (Å²) in [5, 5.41) is 12.9. The molecule has 0 aliphatic carbocycles. The molecule has 3 aromatic heterocycles. The van der Waals surface area contributed by atoms with E-state index in [1.165, 1.54) is 11.8 Å². The summed E-state index contributed by atoms with van der Waals surface area (Å²) in [5.41, 5.74) is 1.06. The Morgan fingerprint density at radius 3 is 3.00 bits per heavy atom. The predicted octanol–water partition coefficient (Wildman–Crippen LogP) is 2.66. The second-order valence-corrected chi connectivity index (χ2v) is 5.31. The van der Waals surface area contributed by atoms with E-state index >= 15 is 0 Å².